The fourth-order valence-electron chi connectivity index (χ4n) is 1.80. The molecule has 0 aromatic carbocycles. The third-order valence-corrected chi connectivity index (χ3v) is 2.08. The first kappa shape index (κ1) is 8.95. The molecule has 0 spiro atoms. The van der Waals surface area contributed by atoms with E-state index in [1.165, 1.54) is 0 Å². The monoisotopic (exact) mass is 162 g/mol. The third-order valence-electron chi connectivity index (χ3n) is 2.08. The van der Waals surface area contributed by atoms with E-state index in [-0.39, 0.29) is 24.2 Å². The number of alkyl halides is 2. The Balaban J connectivity index is 2.24. The molecule has 1 rings (SSSR count). The van der Waals surface area contributed by atoms with E-state index in [9.17, 15) is 8.78 Å². The summed E-state index contributed by atoms with van der Waals surface area (Å²) in [6.07, 6.45) is 1.16. The fourth-order valence-corrected chi connectivity index (χ4v) is 1.80. The van der Waals surface area contributed by atoms with Crippen LogP contribution in [0.2, 0.25) is 0 Å². The zero-order chi connectivity index (χ0) is 8.70. The molecule has 0 bridgehead atoms. The standard InChI is InChI=1S/C9H16F2/c1-8(2,3)4-7-5-9(10,11)6-7/h7H,4-6H2,1-3H3. The molecule has 11 heavy (non-hydrogen) atoms. The lowest BCUT2D eigenvalue weighted by atomic mass is 9.72. The molecule has 0 aromatic rings. The van der Waals surface area contributed by atoms with Crippen LogP contribution in [0.1, 0.15) is 40.0 Å². The Morgan fingerprint density at radius 1 is 1.27 bits per heavy atom. The Bertz CT molecular complexity index is 136. The van der Waals surface area contributed by atoms with E-state index in [2.05, 4.69) is 20.8 Å². The Labute approximate surface area is 67.0 Å². The molecule has 1 aliphatic rings. The van der Waals surface area contributed by atoms with Crippen LogP contribution in [-0.2, 0) is 0 Å². The van der Waals surface area contributed by atoms with Crippen LogP contribution in [0.3, 0.4) is 0 Å². The summed E-state index contributed by atoms with van der Waals surface area (Å²) in [5.74, 6) is -2.07. The van der Waals surface area contributed by atoms with Gasteiger partial charge in [-0.05, 0) is 17.8 Å². The second-order valence-electron chi connectivity index (χ2n) is 4.90. The first-order valence-electron chi connectivity index (χ1n) is 4.16. The summed E-state index contributed by atoms with van der Waals surface area (Å²) >= 11 is 0. The van der Waals surface area contributed by atoms with Crippen molar-refractivity contribution in [2.45, 2.75) is 46.0 Å². The molecule has 1 aliphatic carbocycles. The van der Waals surface area contributed by atoms with Crippen molar-refractivity contribution in [3.05, 3.63) is 0 Å². The molecule has 0 heterocycles. The average Bonchev–Trinajstić information content (AvgIpc) is 1.53. The van der Waals surface area contributed by atoms with E-state index in [1.54, 1.807) is 0 Å². The van der Waals surface area contributed by atoms with E-state index in [0.29, 0.717) is 0 Å². The summed E-state index contributed by atoms with van der Waals surface area (Å²) < 4.78 is 24.7. The lowest BCUT2D eigenvalue weighted by Crippen LogP contribution is -2.37. The van der Waals surface area contributed by atoms with Gasteiger partial charge in [0.1, 0.15) is 0 Å². The molecule has 0 atom stereocenters. The highest BCUT2D eigenvalue weighted by Gasteiger charge is 2.45. The molecule has 0 aromatic heterocycles. The number of hydrogen-bond acceptors (Lipinski definition) is 0. The molecule has 0 aliphatic heterocycles. The van der Waals surface area contributed by atoms with Gasteiger partial charge in [-0.2, -0.15) is 0 Å². The van der Waals surface area contributed by atoms with Gasteiger partial charge >= 0.3 is 0 Å². The van der Waals surface area contributed by atoms with Crippen molar-refractivity contribution in [3.63, 3.8) is 0 Å². The van der Waals surface area contributed by atoms with Crippen LogP contribution in [0.5, 0.6) is 0 Å². The third kappa shape index (κ3) is 2.76. The minimum atomic E-state index is -2.34. The lowest BCUT2D eigenvalue weighted by molar-refractivity contribution is -0.118. The van der Waals surface area contributed by atoms with Crippen LogP contribution in [0.4, 0.5) is 8.78 Å². The highest BCUT2D eigenvalue weighted by Crippen LogP contribution is 2.47. The molecule has 66 valence electrons. The van der Waals surface area contributed by atoms with Crippen molar-refractivity contribution in [2.24, 2.45) is 11.3 Å². The minimum absolute atomic E-state index is 0.115. The smallest absolute Gasteiger partial charge is 0.207 e. The maximum absolute atomic E-state index is 12.4. The van der Waals surface area contributed by atoms with Crippen molar-refractivity contribution < 1.29 is 8.78 Å². The summed E-state index contributed by atoms with van der Waals surface area (Å²) in [4.78, 5) is 0. The highest BCUT2D eigenvalue weighted by atomic mass is 19.3. The van der Waals surface area contributed by atoms with Crippen LogP contribution < -0.4 is 0 Å². The van der Waals surface area contributed by atoms with E-state index in [0.717, 1.165) is 6.42 Å². The molecule has 0 N–H and O–H groups in total. The van der Waals surface area contributed by atoms with Gasteiger partial charge in [-0.25, -0.2) is 8.78 Å². The SMILES string of the molecule is CC(C)(C)CC1CC(F)(F)C1. The molecule has 2 heteroatoms. The molecular weight excluding hydrogens is 146 g/mol. The summed E-state index contributed by atoms with van der Waals surface area (Å²) in [5.41, 5.74) is 0.209. The van der Waals surface area contributed by atoms with Crippen LogP contribution in [0.25, 0.3) is 0 Å². The van der Waals surface area contributed by atoms with Gasteiger partial charge < -0.3 is 0 Å². The second kappa shape index (κ2) is 2.43. The second-order valence-corrected chi connectivity index (χ2v) is 4.90. The zero-order valence-corrected chi connectivity index (χ0v) is 7.45. The minimum Gasteiger partial charge on any atom is -0.207 e. The largest absolute Gasteiger partial charge is 0.248 e. The van der Waals surface area contributed by atoms with E-state index >= 15 is 0 Å². The van der Waals surface area contributed by atoms with Gasteiger partial charge in [0.2, 0.25) is 5.92 Å². The van der Waals surface area contributed by atoms with Gasteiger partial charge in [0, 0.05) is 12.8 Å². The van der Waals surface area contributed by atoms with Crippen molar-refractivity contribution in [2.75, 3.05) is 0 Å². The van der Waals surface area contributed by atoms with Crippen molar-refractivity contribution in [3.8, 4) is 0 Å². The molecule has 0 saturated heterocycles. The van der Waals surface area contributed by atoms with Crippen LogP contribution in [-0.4, -0.2) is 5.92 Å². The first-order chi connectivity index (χ1) is 4.79. The van der Waals surface area contributed by atoms with Crippen LogP contribution >= 0.6 is 0 Å². The average molecular weight is 162 g/mol. The quantitative estimate of drug-likeness (QED) is 0.553. The Kier molecular flexibility index (Phi) is 1.97. The lowest BCUT2D eigenvalue weighted by Gasteiger charge is -2.38. The summed E-state index contributed by atoms with van der Waals surface area (Å²) in [6.45, 7) is 6.30. The molecule has 1 fully saturated rings. The Hall–Kier alpha value is -0.140. The molecular formula is C9H16F2. The number of halogens is 2. The van der Waals surface area contributed by atoms with E-state index < -0.39 is 5.92 Å². The topological polar surface area (TPSA) is 0 Å². The number of rotatable bonds is 1. The molecule has 0 radical (unpaired) electrons. The van der Waals surface area contributed by atoms with Crippen LogP contribution in [0, 0.1) is 11.3 Å². The van der Waals surface area contributed by atoms with Crippen molar-refractivity contribution in [1.82, 2.24) is 0 Å². The fraction of sp³-hybridized carbons (Fsp3) is 1.00. The molecule has 0 nitrogen and oxygen atoms in total. The zero-order valence-electron chi connectivity index (χ0n) is 7.45. The summed E-state index contributed by atoms with van der Waals surface area (Å²) in [7, 11) is 0. The predicted octanol–water partition coefficient (Wildman–Crippen LogP) is 3.47. The van der Waals surface area contributed by atoms with Gasteiger partial charge in [0.15, 0.2) is 0 Å². The van der Waals surface area contributed by atoms with Crippen molar-refractivity contribution >= 4 is 0 Å². The molecule has 0 unspecified atom stereocenters. The van der Waals surface area contributed by atoms with Crippen LogP contribution in [0.15, 0.2) is 0 Å². The maximum atomic E-state index is 12.4. The van der Waals surface area contributed by atoms with Gasteiger partial charge in [-0.3, -0.25) is 0 Å². The van der Waals surface area contributed by atoms with Gasteiger partial charge in [0.05, 0.1) is 0 Å². The highest BCUT2D eigenvalue weighted by molar-refractivity contribution is 4.88. The number of hydrogen-bond donors (Lipinski definition) is 0. The van der Waals surface area contributed by atoms with Gasteiger partial charge in [-0.15, -0.1) is 0 Å². The maximum Gasteiger partial charge on any atom is 0.248 e. The Morgan fingerprint density at radius 3 is 2.00 bits per heavy atom. The van der Waals surface area contributed by atoms with Gasteiger partial charge in [-0.1, -0.05) is 20.8 Å². The summed E-state index contributed by atoms with van der Waals surface area (Å²) in [6, 6.07) is 0. The van der Waals surface area contributed by atoms with Gasteiger partial charge in [0.25, 0.3) is 0 Å². The predicted molar refractivity (Wildman–Crippen MR) is 41.7 cm³/mol. The van der Waals surface area contributed by atoms with E-state index in [4.69, 9.17) is 0 Å². The van der Waals surface area contributed by atoms with E-state index in [1.807, 2.05) is 0 Å². The normalized spacial score (nSPS) is 24.8. The first-order valence-corrected chi connectivity index (χ1v) is 4.16. The van der Waals surface area contributed by atoms with Crippen molar-refractivity contribution in [1.29, 1.82) is 0 Å². The Morgan fingerprint density at radius 2 is 1.73 bits per heavy atom. The summed E-state index contributed by atoms with van der Waals surface area (Å²) in [5, 5.41) is 0. The molecule has 0 amide bonds. The molecule has 1 saturated carbocycles.